The lowest BCUT2D eigenvalue weighted by Gasteiger charge is -2.03. The molecule has 68 valence electrons. The predicted octanol–water partition coefficient (Wildman–Crippen LogP) is 3.31. The van der Waals surface area contributed by atoms with Gasteiger partial charge in [-0.3, -0.25) is 0 Å². The molecule has 1 aromatic carbocycles. The fourth-order valence-electron chi connectivity index (χ4n) is 0.918. The van der Waals surface area contributed by atoms with Crippen LogP contribution in [0, 0.1) is 17.2 Å². The summed E-state index contributed by atoms with van der Waals surface area (Å²) in [6.07, 6.45) is 0. The second kappa shape index (κ2) is 4.94. The SMILES string of the molecule is CC(C)CSc1cccc(C#N)c1. The van der Waals surface area contributed by atoms with Crippen LogP contribution in [0.4, 0.5) is 0 Å². The topological polar surface area (TPSA) is 23.8 Å². The van der Waals surface area contributed by atoms with Crippen LogP contribution in [-0.2, 0) is 0 Å². The van der Waals surface area contributed by atoms with Crippen molar-refractivity contribution in [1.82, 2.24) is 0 Å². The molecule has 0 unspecified atom stereocenters. The van der Waals surface area contributed by atoms with Crippen molar-refractivity contribution < 1.29 is 0 Å². The fraction of sp³-hybridized carbons (Fsp3) is 0.364. The van der Waals surface area contributed by atoms with Crippen molar-refractivity contribution in [3.8, 4) is 6.07 Å². The van der Waals surface area contributed by atoms with Crippen molar-refractivity contribution in [2.45, 2.75) is 18.7 Å². The van der Waals surface area contributed by atoms with Crippen molar-refractivity contribution in [1.29, 1.82) is 5.26 Å². The Kier molecular flexibility index (Phi) is 3.85. The summed E-state index contributed by atoms with van der Waals surface area (Å²) >= 11 is 1.81. The lowest BCUT2D eigenvalue weighted by atomic mass is 10.2. The zero-order chi connectivity index (χ0) is 9.68. The van der Waals surface area contributed by atoms with E-state index >= 15 is 0 Å². The van der Waals surface area contributed by atoms with E-state index in [0.29, 0.717) is 5.92 Å². The molecule has 1 aromatic rings. The summed E-state index contributed by atoms with van der Waals surface area (Å²) in [5, 5.41) is 8.68. The van der Waals surface area contributed by atoms with Gasteiger partial charge in [0.1, 0.15) is 0 Å². The molecular weight excluding hydrogens is 178 g/mol. The van der Waals surface area contributed by atoms with Gasteiger partial charge in [0.2, 0.25) is 0 Å². The zero-order valence-electron chi connectivity index (χ0n) is 7.95. The highest BCUT2D eigenvalue weighted by Crippen LogP contribution is 2.21. The maximum Gasteiger partial charge on any atom is 0.0992 e. The van der Waals surface area contributed by atoms with Gasteiger partial charge >= 0.3 is 0 Å². The molecule has 0 heterocycles. The molecule has 0 amide bonds. The highest BCUT2D eigenvalue weighted by molar-refractivity contribution is 7.99. The van der Waals surface area contributed by atoms with Gasteiger partial charge in [-0.2, -0.15) is 5.26 Å². The van der Waals surface area contributed by atoms with Gasteiger partial charge in [-0.25, -0.2) is 0 Å². The molecular formula is C11H13NS. The number of nitrogens with zero attached hydrogens (tertiary/aromatic N) is 1. The van der Waals surface area contributed by atoms with E-state index in [9.17, 15) is 0 Å². The Morgan fingerprint density at radius 2 is 2.23 bits per heavy atom. The Labute approximate surface area is 83.8 Å². The number of thioether (sulfide) groups is 1. The maximum absolute atomic E-state index is 8.68. The van der Waals surface area contributed by atoms with Gasteiger partial charge in [0.05, 0.1) is 11.6 Å². The number of hydrogen-bond acceptors (Lipinski definition) is 2. The Morgan fingerprint density at radius 3 is 2.85 bits per heavy atom. The van der Waals surface area contributed by atoms with Crippen molar-refractivity contribution in [3.63, 3.8) is 0 Å². The van der Waals surface area contributed by atoms with Gasteiger partial charge in [0.25, 0.3) is 0 Å². The number of rotatable bonds is 3. The van der Waals surface area contributed by atoms with E-state index in [1.54, 1.807) is 11.8 Å². The molecule has 1 nitrogen and oxygen atoms in total. The molecule has 2 heteroatoms. The van der Waals surface area contributed by atoms with Crippen LogP contribution < -0.4 is 0 Å². The second-order valence-corrected chi connectivity index (χ2v) is 4.44. The molecule has 0 N–H and O–H groups in total. The summed E-state index contributed by atoms with van der Waals surface area (Å²) in [4.78, 5) is 1.19. The first-order valence-electron chi connectivity index (χ1n) is 4.35. The molecule has 0 aliphatic carbocycles. The molecule has 1 rings (SSSR count). The highest BCUT2D eigenvalue weighted by atomic mass is 32.2. The molecule has 0 aliphatic heterocycles. The first-order valence-corrected chi connectivity index (χ1v) is 5.34. The van der Waals surface area contributed by atoms with Crippen LogP contribution in [0.2, 0.25) is 0 Å². The summed E-state index contributed by atoms with van der Waals surface area (Å²) in [5.74, 6) is 1.80. The third kappa shape index (κ3) is 3.52. The van der Waals surface area contributed by atoms with Gasteiger partial charge in [-0.15, -0.1) is 11.8 Å². The van der Waals surface area contributed by atoms with E-state index in [1.165, 1.54) is 4.90 Å². The van der Waals surface area contributed by atoms with Crippen molar-refractivity contribution >= 4 is 11.8 Å². The van der Waals surface area contributed by atoms with Gasteiger partial charge in [-0.1, -0.05) is 19.9 Å². The standard InChI is InChI=1S/C11H13NS/c1-9(2)8-13-11-5-3-4-10(6-11)7-12/h3-6,9H,8H2,1-2H3. The molecule has 0 bridgehead atoms. The molecule has 0 spiro atoms. The Hall–Kier alpha value is -0.940. The summed E-state index contributed by atoms with van der Waals surface area (Å²) in [7, 11) is 0. The zero-order valence-corrected chi connectivity index (χ0v) is 8.77. The lowest BCUT2D eigenvalue weighted by Crippen LogP contribution is -1.89. The fourth-order valence-corrected chi connectivity index (χ4v) is 1.83. The second-order valence-electron chi connectivity index (χ2n) is 3.34. The molecule has 0 fully saturated rings. The summed E-state index contributed by atoms with van der Waals surface area (Å²) in [6, 6.07) is 9.89. The summed E-state index contributed by atoms with van der Waals surface area (Å²) in [5.41, 5.74) is 0.744. The summed E-state index contributed by atoms with van der Waals surface area (Å²) < 4.78 is 0. The number of hydrogen-bond donors (Lipinski definition) is 0. The normalized spacial score (nSPS) is 10.0. The molecule has 0 atom stereocenters. The van der Waals surface area contributed by atoms with Crippen LogP contribution in [-0.4, -0.2) is 5.75 Å². The monoisotopic (exact) mass is 191 g/mol. The maximum atomic E-state index is 8.68. The Morgan fingerprint density at radius 1 is 1.46 bits per heavy atom. The number of benzene rings is 1. The van der Waals surface area contributed by atoms with Crippen LogP contribution >= 0.6 is 11.8 Å². The third-order valence-corrected chi connectivity index (χ3v) is 2.97. The lowest BCUT2D eigenvalue weighted by molar-refractivity contribution is 0.750. The van der Waals surface area contributed by atoms with E-state index in [-0.39, 0.29) is 0 Å². The number of nitriles is 1. The van der Waals surface area contributed by atoms with E-state index in [0.717, 1.165) is 11.3 Å². The molecule has 0 aromatic heterocycles. The molecule has 0 aliphatic rings. The minimum Gasteiger partial charge on any atom is -0.192 e. The van der Waals surface area contributed by atoms with Crippen molar-refractivity contribution in [3.05, 3.63) is 29.8 Å². The van der Waals surface area contributed by atoms with Gasteiger partial charge in [0, 0.05) is 10.6 Å². The highest BCUT2D eigenvalue weighted by Gasteiger charge is 1.98. The minimum atomic E-state index is 0.691. The molecule has 0 radical (unpaired) electrons. The molecule has 0 saturated heterocycles. The molecule has 13 heavy (non-hydrogen) atoms. The van der Waals surface area contributed by atoms with Crippen LogP contribution in [0.15, 0.2) is 29.2 Å². The molecule has 0 saturated carbocycles. The third-order valence-electron chi connectivity index (χ3n) is 1.55. The van der Waals surface area contributed by atoms with Crippen LogP contribution in [0.25, 0.3) is 0 Å². The van der Waals surface area contributed by atoms with E-state index in [1.807, 2.05) is 24.3 Å². The van der Waals surface area contributed by atoms with Crippen LogP contribution in [0.1, 0.15) is 19.4 Å². The van der Waals surface area contributed by atoms with E-state index in [2.05, 4.69) is 19.9 Å². The van der Waals surface area contributed by atoms with Gasteiger partial charge in [0.15, 0.2) is 0 Å². The van der Waals surface area contributed by atoms with E-state index in [4.69, 9.17) is 5.26 Å². The van der Waals surface area contributed by atoms with Gasteiger partial charge in [-0.05, 0) is 24.1 Å². The Balaban J connectivity index is 2.63. The van der Waals surface area contributed by atoms with Crippen molar-refractivity contribution in [2.24, 2.45) is 5.92 Å². The summed E-state index contributed by atoms with van der Waals surface area (Å²) in [6.45, 7) is 4.39. The smallest absolute Gasteiger partial charge is 0.0992 e. The van der Waals surface area contributed by atoms with Crippen LogP contribution in [0.5, 0.6) is 0 Å². The van der Waals surface area contributed by atoms with Crippen molar-refractivity contribution in [2.75, 3.05) is 5.75 Å². The van der Waals surface area contributed by atoms with E-state index < -0.39 is 0 Å². The van der Waals surface area contributed by atoms with Crippen LogP contribution in [0.3, 0.4) is 0 Å². The van der Waals surface area contributed by atoms with Gasteiger partial charge < -0.3 is 0 Å². The average molecular weight is 191 g/mol. The average Bonchev–Trinajstić information content (AvgIpc) is 2.15. The largest absolute Gasteiger partial charge is 0.192 e. The Bertz CT molecular complexity index is 312. The minimum absolute atomic E-state index is 0.691. The first-order chi connectivity index (χ1) is 6.22. The first kappa shape index (κ1) is 10.1. The predicted molar refractivity (Wildman–Crippen MR) is 56.7 cm³/mol. The quantitative estimate of drug-likeness (QED) is 0.684.